The Hall–Kier alpha value is -3.82. The fourth-order valence-electron chi connectivity index (χ4n) is 4.04. The molecular weight excluding hydrogens is 485 g/mol. The average molecular weight is 513 g/mol. The minimum absolute atomic E-state index is 0.0155. The van der Waals surface area contributed by atoms with Crippen LogP contribution in [0, 0.1) is 0 Å². The Morgan fingerprint density at radius 1 is 0.973 bits per heavy atom. The van der Waals surface area contributed by atoms with E-state index in [1.807, 2.05) is 30.3 Å². The Kier molecular flexibility index (Phi) is 8.15. The van der Waals surface area contributed by atoms with E-state index in [2.05, 4.69) is 4.98 Å². The second-order valence-corrected chi connectivity index (χ2v) is 8.48. The summed E-state index contributed by atoms with van der Waals surface area (Å²) in [7, 11) is 1.52. The number of para-hydroxylation sites is 1. The van der Waals surface area contributed by atoms with Gasteiger partial charge in [0.1, 0.15) is 24.7 Å². The minimum atomic E-state index is -4.51. The van der Waals surface area contributed by atoms with Gasteiger partial charge in [0.2, 0.25) is 0 Å². The SMILES string of the molecule is COCCOC(=O)Cc1ccccc1OCc1cc(-c2cccc(CN)c2)c2cc(C(F)(F)F)[nH]c2c1. The first-order chi connectivity index (χ1) is 17.8. The normalized spacial score (nSPS) is 11.6. The number of aromatic amines is 1. The van der Waals surface area contributed by atoms with Gasteiger partial charge in [-0.2, -0.15) is 13.2 Å². The molecule has 6 nitrogen and oxygen atoms in total. The van der Waals surface area contributed by atoms with Gasteiger partial charge in [0.05, 0.1) is 13.0 Å². The molecule has 1 aromatic heterocycles. The van der Waals surface area contributed by atoms with Crippen LogP contribution in [0.1, 0.15) is 22.4 Å². The van der Waals surface area contributed by atoms with Gasteiger partial charge < -0.3 is 24.9 Å². The maximum absolute atomic E-state index is 13.5. The molecule has 0 bridgehead atoms. The smallest absolute Gasteiger partial charge is 0.431 e. The van der Waals surface area contributed by atoms with E-state index in [0.717, 1.165) is 17.2 Å². The zero-order chi connectivity index (χ0) is 26.4. The molecule has 0 aliphatic heterocycles. The summed E-state index contributed by atoms with van der Waals surface area (Å²) < 4.78 is 56.5. The van der Waals surface area contributed by atoms with Crippen molar-refractivity contribution in [1.29, 1.82) is 0 Å². The number of methoxy groups -OCH3 is 1. The maximum Gasteiger partial charge on any atom is 0.431 e. The number of carbonyl (C=O) groups excluding carboxylic acids is 1. The lowest BCUT2D eigenvalue weighted by molar-refractivity contribution is -0.144. The summed E-state index contributed by atoms with van der Waals surface area (Å²) in [5.41, 5.74) is 8.85. The summed E-state index contributed by atoms with van der Waals surface area (Å²) in [6.45, 7) is 0.848. The Bertz CT molecular complexity index is 1380. The highest BCUT2D eigenvalue weighted by molar-refractivity contribution is 5.96. The maximum atomic E-state index is 13.5. The number of halogens is 3. The van der Waals surface area contributed by atoms with Gasteiger partial charge in [-0.15, -0.1) is 0 Å². The third kappa shape index (κ3) is 6.49. The number of benzene rings is 3. The van der Waals surface area contributed by atoms with Crippen LogP contribution in [0.15, 0.2) is 66.7 Å². The predicted molar refractivity (Wildman–Crippen MR) is 134 cm³/mol. The molecular formula is C28H27F3N2O4. The van der Waals surface area contributed by atoms with Gasteiger partial charge in [-0.1, -0.05) is 36.4 Å². The van der Waals surface area contributed by atoms with E-state index in [1.54, 1.807) is 30.3 Å². The number of esters is 1. The highest BCUT2D eigenvalue weighted by Gasteiger charge is 2.33. The van der Waals surface area contributed by atoms with Gasteiger partial charge in [-0.3, -0.25) is 4.79 Å². The number of carbonyl (C=O) groups is 1. The average Bonchev–Trinajstić information content (AvgIpc) is 3.33. The van der Waals surface area contributed by atoms with Crippen molar-refractivity contribution >= 4 is 16.9 Å². The number of ether oxygens (including phenoxy) is 3. The van der Waals surface area contributed by atoms with E-state index in [4.69, 9.17) is 19.9 Å². The molecule has 0 amide bonds. The van der Waals surface area contributed by atoms with Crippen LogP contribution in [-0.4, -0.2) is 31.3 Å². The third-order valence-electron chi connectivity index (χ3n) is 5.83. The van der Waals surface area contributed by atoms with Crippen molar-refractivity contribution in [3.63, 3.8) is 0 Å². The molecule has 0 saturated carbocycles. The number of nitrogens with one attached hydrogen (secondary N) is 1. The highest BCUT2D eigenvalue weighted by atomic mass is 19.4. The first-order valence-corrected chi connectivity index (χ1v) is 11.7. The van der Waals surface area contributed by atoms with Crippen LogP contribution in [0.5, 0.6) is 5.75 Å². The van der Waals surface area contributed by atoms with Crippen LogP contribution in [0.3, 0.4) is 0 Å². The zero-order valence-electron chi connectivity index (χ0n) is 20.2. The lowest BCUT2D eigenvalue weighted by atomic mass is 9.97. The lowest BCUT2D eigenvalue weighted by Crippen LogP contribution is -2.12. The van der Waals surface area contributed by atoms with Gasteiger partial charge in [-0.25, -0.2) is 0 Å². The number of hydrogen-bond acceptors (Lipinski definition) is 5. The van der Waals surface area contributed by atoms with Crippen molar-refractivity contribution < 1.29 is 32.2 Å². The van der Waals surface area contributed by atoms with Gasteiger partial charge in [0.15, 0.2) is 0 Å². The molecule has 0 aliphatic carbocycles. The van der Waals surface area contributed by atoms with Gasteiger partial charge >= 0.3 is 12.1 Å². The summed E-state index contributed by atoms with van der Waals surface area (Å²) in [5.74, 6) is 0.0723. The Balaban J connectivity index is 1.64. The van der Waals surface area contributed by atoms with Gasteiger partial charge in [0.25, 0.3) is 0 Å². The summed E-state index contributed by atoms with van der Waals surface area (Å²) >= 11 is 0. The molecule has 0 unspecified atom stereocenters. The van der Waals surface area contributed by atoms with Crippen LogP contribution >= 0.6 is 0 Å². The van der Waals surface area contributed by atoms with Crippen molar-refractivity contribution in [3.05, 3.63) is 89.1 Å². The second-order valence-electron chi connectivity index (χ2n) is 8.48. The Morgan fingerprint density at radius 3 is 2.54 bits per heavy atom. The van der Waals surface area contributed by atoms with Gasteiger partial charge in [0, 0.05) is 30.1 Å². The number of aromatic nitrogens is 1. The molecule has 0 atom stereocenters. The molecule has 37 heavy (non-hydrogen) atoms. The summed E-state index contributed by atoms with van der Waals surface area (Å²) in [6, 6.07) is 19.0. The molecule has 0 saturated heterocycles. The zero-order valence-corrected chi connectivity index (χ0v) is 20.2. The van der Waals surface area contributed by atoms with Crippen LogP contribution in [0.4, 0.5) is 13.2 Å². The predicted octanol–water partition coefficient (Wildman–Crippen LogP) is 5.62. The second kappa shape index (κ2) is 11.5. The van der Waals surface area contributed by atoms with Gasteiger partial charge in [-0.05, 0) is 52.6 Å². The molecule has 0 fully saturated rings. The summed E-state index contributed by atoms with van der Waals surface area (Å²) in [5, 5.41) is 0.449. The topological polar surface area (TPSA) is 86.6 Å². The number of alkyl halides is 3. The van der Waals surface area contributed by atoms with E-state index in [9.17, 15) is 18.0 Å². The number of rotatable bonds is 10. The van der Waals surface area contributed by atoms with Crippen molar-refractivity contribution in [2.45, 2.75) is 25.7 Å². The largest absolute Gasteiger partial charge is 0.489 e. The lowest BCUT2D eigenvalue weighted by Gasteiger charge is -2.13. The Morgan fingerprint density at radius 2 is 1.78 bits per heavy atom. The van der Waals surface area contributed by atoms with E-state index in [1.165, 1.54) is 7.11 Å². The summed E-state index contributed by atoms with van der Waals surface area (Å²) in [6.07, 6.45) is -4.50. The highest BCUT2D eigenvalue weighted by Crippen LogP contribution is 2.37. The molecule has 0 radical (unpaired) electrons. The van der Waals surface area contributed by atoms with Crippen LogP contribution in [-0.2, 0) is 40.0 Å². The molecule has 4 rings (SSSR count). The van der Waals surface area contributed by atoms with E-state index < -0.39 is 17.8 Å². The first-order valence-electron chi connectivity index (χ1n) is 11.7. The minimum Gasteiger partial charge on any atom is -0.489 e. The van der Waals surface area contributed by atoms with E-state index >= 15 is 0 Å². The van der Waals surface area contributed by atoms with E-state index in [-0.39, 0.29) is 19.6 Å². The quantitative estimate of drug-likeness (QED) is 0.213. The number of hydrogen-bond donors (Lipinski definition) is 2. The molecule has 0 spiro atoms. The standard InChI is InChI=1S/C28H27F3N2O4/c1-35-9-10-36-27(34)14-21-6-2-3-8-25(21)37-17-19-12-22(20-7-4-5-18(11-20)16-32)23-15-26(28(29,30)31)33-24(23)13-19/h2-8,11-13,15,33H,9-10,14,16-17,32H2,1H3. The molecule has 1 heterocycles. The first kappa shape index (κ1) is 26.2. The van der Waals surface area contributed by atoms with Crippen molar-refractivity contribution in [2.75, 3.05) is 20.3 Å². The molecule has 9 heteroatoms. The fraction of sp³-hybridized carbons (Fsp3) is 0.250. The molecule has 0 aliphatic rings. The summed E-state index contributed by atoms with van der Waals surface area (Å²) in [4.78, 5) is 14.7. The fourth-order valence-corrected chi connectivity index (χ4v) is 4.04. The monoisotopic (exact) mass is 512 g/mol. The number of nitrogens with two attached hydrogens (primary N) is 1. The van der Waals surface area contributed by atoms with Crippen molar-refractivity contribution in [3.8, 4) is 16.9 Å². The number of H-pyrrole nitrogens is 1. The van der Waals surface area contributed by atoms with E-state index in [0.29, 0.717) is 46.5 Å². The van der Waals surface area contributed by atoms with Crippen LogP contribution in [0.2, 0.25) is 0 Å². The van der Waals surface area contributed by atoms with Crippen molar-refractivity contribution in [1.82, 2.24) is 4.98 Å². The van der Waals surface area contributed by atoms with Crippen LogP contribution in [0.25, 0.3) is 22.0 Å². The van der Waals surface area contributed by atoms with Crippen molar-refractivity contribution in [2.24, 2.45) is 5.73 Å². The molecule has 194 valence electrons. The van der Waals surface area contributed by atoms with Crippen LogP contribution < -0.4 is 10.5 Å². The molecule has 4 aromatic rings. The third-order valence-corrected chi connectivity index (χ3v) is 5.83. The Labute approximate surface area is 212 Å². The molecule has 3 N–H and O–H groups in total. The molecule has 3 aromatic carbocycles. The number of fused-ring (bicyclic) bond motifs is 1.